The van der Waals surface area contributed by atoms with Crippen LogP contribution in [0.3, 0.4) is 0 Å². The van der Waals surface area contributed by atoms with Crippen molar-refractivity contribution in [3.8, 4) is 0 Å². The van der Waals surface area contributed by atoms with Gasteiger partial charge in [-0.25, -0.2) is 9.78 Å². The van der Waals surface area contributed by atoms with Crippen molar-refractivity contribution < 1.29 is 19.4 Å². The Labute approximate surface area is 261 Å². The molecule has 2 aromatic heterocycles. The molecule has 5 aromatic rings. The van der Waals surface area contributed by atoms with E-state index in [9.17, 15) is 14.7 Å². The lowest BCUT2D eigenvalue weighted by Gasteiger charge is -2.46. The van der Waals surface area contributed by atoms with E-state index in [1.807, 2.05) is 59.2 Å². The second kappa shape index (κ2) is 12.3. The Kier molecular flexibility index (Phi) is 8.26. The van der Waals surface area contributed by atoms with Crippen molar-refractivity contribution in [1.29, 1.82) is 0 Å². The Morgan fingerprint density at radius 1 is 0.956 bits per heavy atom. The number of fused-ring (bicyclic) bond motifs is 1. The Hall–Kier alpha value is -4.80. The van der Waals surface area contributed by atoms with Crippen LogP contribution in [0.1, 0.15) is 49.9 Å². The number of hydrogen-bond donors (Lipinski definition) is 3. The number of nitrogens with one attached hydrogen (secondary N) is 2. The van der Waals surface area contributed by atoms with E-state index in [4.69, 9.17) is 9.47 Å². The number of imidazole rings is 1. The first kappa shape index (κ1) is 30.2. The van der Waals surface area contributed by atoms with Crippen molar-refractivity contribution in [1.82, 2.24) is 19.5 Å². The molecular formula is C35H37N5O5. The van der Waals surface area contributed by atoms with E-state index in [1.165, 1.54) is 0 Å². The summed E-state index contributed by atoms with van der Waals surface area (Å²) in [6.45, 7) is 5.55. The van der Waals surface area contributed by atoms with Crippen LogP contribution in [0.4, 0.5) is 10.7 Å². The fourth-order valence-electron chi connectivity index (χ4n) is 6.17. The fraction of sp³-hybridized carbons (Fsp3) is 0.314. The number of aliphatic hydroxyl groups is 1. The number of anilines is 1. The van der Waals surface area contributed by atoms with Gasteiger partial charge in [0.1, 0.15) is 11.2 Å². The number of aromatic amines is 1. The Morgan fingerprint density at radius 2 is 1.51 bits per heavy atom. The summed E-state index contributed by atoms with van der Waals surface area (Å²) >= 11 is 0. The number of benzene rings is 3. The number of amides is 1. The molecule has 45 heavy (non-hydrogen) atoms. The molecule has 1 saturated carbocycles. The molecule has 232 valence electrons. The van der Waals surface area contributed by atoms with Crippen molar-refractivity contribution in [2.75, 3.05) is 18.5 Å². The molecule has 0 radical (unpaired) electrons. The average Bonchev–Trinajstić information content (AvgIpc) is 3.43. The first-order valence-electron chi connectivity index (χ1n) is 15.1. The van der Waals surface area contributed by atoms with Crippen molar-refractivity contribution in [2.45, 2.75) is 44.4 Å². The number of H-pyrrole nitrogens is 1. The largest absolute Gasteiger partial charge is 0.444 e. The van der Waals surface area contributed by atoms with Crippen LogP contribution in [0, 0.1) is 11.8 Å². The molecule has 1 fully saturated rings. The van der Waals surface area contributed by atoms with Crippen LogP contribution >= 0.6 is 0 Å². The third kappa shape index (κ3) is 5.99. The lowest BCUT2D eigenvalue weighted by atomic mass is 9.69. The minimum Gasteiger partial charge on any atom is -0.444 e. The lowest BCUT2D eigenvalue weighted by molar-refractivity contribution is -0.0762. The molecule has 3 N–H and O–H groups in total. The summed E-state index contributed by atoms with van der Waals surface area (Å²) in [5, 5.41) is 12.9. The van der Waals surface area contributed by atoms with Gasteiger partial charge in [-0.05, 0) is 49.8 Å². The number of aromatic nitrogens is 4. The van der Waals surface area contributed by atoms with Gasteiger partial charge in [0, 0.05) is 18.6 Å². The highest BCUT2D eigenvalue weighted by molar-refractivity contribution is 5.83. The summed E-state index contributed by atoms with van der Waals surface area (Å²) < 4.78 is 14.3. The van der Waals surface area contributed by atoms with E-state index >= 15 is 0 Å². The summed E-state index contributed by atoms with van der Waals surface area (Å²) in [5.74, 6) is -0.189. The monoisotopic (exact) mass is 607 g/mol. The standard InChI is InChI=1S/C35H37N5O5/c1-34(2,3)45-33(43)39-32-37-30-29(31(42)38-32)36-22-40(30)28-19-23(20-41)27(28)21-44-35(24-13-7-4-8-14-24,25-15-9-5-10-16-25)26-17-11-6-12-18-26/h4-18,22-23,27-28,41H,19-21H2,1-3H3,(H2,37,38,39,42,43)/t23-,27-,28-/m1/s1. The second-order valence-corrected chi connectivity index (χ2v) is 12.4. The predicted octanol–water partition coefficient (Wildman–Crippen LogP) is 5.64. The first-order valence-corrected chi connectivity index (χ1v) is 15.1. The van der Waals surface area contributed by atoms with Gasteiger partial charge < -0.3 is 19.1 Å². The number of nitrogens with zero attached hydrogens (tertiary/aromatic N) is 3. The normalized spacial score (nSPS) is 18.4. The highest BCUT2D eigenvalue weighted by Crippen LogP contribution is 2.48. The van der Waals surface area contributed by atoms with E-state index in [0.29, 0.717) is 18.7 Å². The average molecular weight is 608 g/mol. The SMILES string of the molecule is CC(C)(C)OC(=O)Nc1nc2c(ncn2[C@@H]2C[C@H](CO)[C@H]2COC(c2ccccc2)(c2ccccc2)c2ccccc2)c(=O)[nH]1. The highest BCUT2D eigenvalue weighted by atomic mass is 16.6. The third-order valence-corrected chi connectivity index (χ3v) is 8.32. The lowest BCUT2D eigenvalue weighted by Crippen LogP contribution is -2.45. The summed E-state index contributed by atoms with van der Waals surface area (Å²) in [6.07, 6.45) is 1.51. The zero-order valence-corrected chi connectivity index (χ0v) is 25.5. The van der Waals surface area contributed by atoms with E-state index in [-0.39, 0.29) is 35.9 Å². The van der Waals surface area contributed by atoms with Crippen LogP contribution in [0.5, 0.6) is 0 Å². The molecule has 2 heterocycles. The number of carbonyl (C=O) groups excluding carboxylic acids is 1. The molecule has 6 rings (SSSR count). The van der Waals surface area contributed by atoms with Crippen molar-refractivity contribution in [3.05, 3.63) is 124 Å². The molecule has 1 aliphatic rings. The molecule has 10 nitrogen and oxygen atoms in total. The molecule has 1 aliphatic carbocycles. The predicted molar refractivity (Wildman–Crippen MR) is 171 cm³/mol. The van der Waals surface area contributed by atoms with Gasteiger partial charge in [0.05, 0.1) is 12.9 Å². The van der Waals surface area contributed by atoms with Crippen molar-refractivity contribution in [3.63, 3.8) is 0 Å². The number of rotatable bonds is 9. The number of ether oxygens (including phenoxy) is 2. The van der Waals surface area contributed by atoms with E-state index in [2.05, 4.69) is 56.7 Å². The minimum absolute atomic E-state index is 0.00830. The van der Waals surface area contributed by atoms with Crippen LogP contribution in [-0.2, 0) is 15.1 Å². The summed E-state index contributed by atoms with van der Waals surface area (Å²) in [7, 11) is 0. The Bertz CT molecular complexity index is 1720. The van der Waals surface area contributed by atoms with Gasteiger partial charge in [-0.1, -0.05) is 91.0 Å². The summed E-state index contributed by atoms with van der Waals surface area (Å²) in [4.78, 5) is 36.8. The van der Waals surface area contributed by atoms with Gasteiger partial charge in [0.15, 0.2) is 11.2 Å². The molecule has 0 saturated heterocycles. The van der Waals surface area contributed by atoms with Crippen LogP contribution in [0.2, 0.25) is 0 Å². The Morgan fingerprint density at radius 3 is 2.02 bits per heavy atom. The molecule has 0 aliphatic heterocycles. The smallest absolute Gasteiger partial charge is 0.414 e. The Balaban J connectivity index is 1.36. The zero-order valence-electron chi connectivity index (χ0n) is 25.5. The third-order valence-electron chi connectivity index (χ3n) is 8.32. The quantitative estimate of drug-likeness (QED) is 0.185. The summed E-state index contributed by atoms with van der Waals surface area (Å²) in [6, 6.07) is 30.3. The van der Waals surface area contributed by atoms with Gasteiger partial charge in [-0.3, -0.25) is 15.1 Å². The van der Waals surface area contributed by atoms with E-state index in [0.717, 1.165) is 16.7 Å². The maximum atomic E-state index is 12.9. The molecule has 1 amide bonds. The maximum absolute atomic E-state index is 12.9. The molecule has 0 spiro atoms. The molecular weight excluding hydrogens is 570 g/mol. The maximum Gasteiger partial charge on any atom is 0.414 e. The van der Waals surface area contributed by atoms with Crippen molar-refractivity contribution >= 4 is 23.2 Å². The van der Waals surface area contributed by atoms with Crippen LogP contribution < -0.4 is 10.9 Å². The number of hydrogen-bond acceptors (Lipinski definition) is 7. The van der Waals surface area contributed by atoms with Gasteiger partial charge in [-0.2, -0.15) is 4.98 Å². The van der Waals surface area contributed by atoms with Gasteiger partial charge >= 0.3 is 6.09 Å². The van der Waals surface area contributed by atoms with Gasteiger partial charge in [-0.15, -0.1) is 0 Å². The molecule has 0 unspecified atom stereocenters. The molecule has 10 heteroatoms. The van der Waals surface area contributed by atoms with Crippen LogP contribution in [-0.4, -0.2) is 49.5 Å². The fourth-order valence-corrected chi connectivity index (χ4v) is 6.17. The van der Waals surface area contributed by atoms with Gasteiger partial charge in [0.25, 0.3) is 5.56 Å². The van der Waals surface area contributed by atoms with E-state index < -0.39 is 22.9 Å². The number of carbonyl (C=O) groups is 1. The molecule has 3 atom stereocenters. The van der Waals surface area contributed by atoms with Crippen LogP contribution in [0.25, 0.3) is 11.2 Å². The summed E-state index contributed by atoms with van der Waals surface area (Å²) in [5.41, 5.74) is 1.32. The van der Waals surface area contributed by atoms with Gasteiger partial charge in [0.2, 0.25) is 5.95 Å². The second-order valence-electron chi connectivity index (χ2n) is 12.4. The van der Waals surface area contributed by atoms with Crippen molar-refractivity contribution in [2.24, 2.45) is 11.8 Å². The minimum atomic E-state index is -0.916. The number of aliphatic hydroxyl groups excluding tert-OH is 1. The molecule has 3 aromatic carbocycles. The topological polar surface area (TPSA) is 131 Å². The zero-order chi connectivity index (χ0) is 31.6. The van der Waals surface area contributed by atoms with Crippen LogP contribution in [0.15, 0.2) is 102 Å². The highest BCUT2D eigenvalue weighted by Gasteiger charge is 2.46. The van der Waals surface area contributed by atoms with E-state index in [1.54, 1.807) is 27.1 Å². The first-order chi connectivity index (χ1) is 21.7. The molecule has 0 bridgehead atoms.